The molecule has 0 aliphatic carbocycles. The van der Waals surface area contributed by atoms with E-state index in [4.69, 9.17) is 0 Å². The summed E-state index contributed by atoms with van der Waals surface area (Å²) in [6, 6.07) is 13.7. The van der Waals surface area contributed by atoms with Crippen LogP contribution in [0.5, 0.6) is 5.75 Å². The zero-order valence-corrected chi connectivity index (χ0v) is 16.8. The average molecular weight is 419 g/mol. The Morgan fingerprint density at radius 2 is 2.07 bits per heavy atom. The summed E-state index contributed by atoms with van der Waals surface area (Å²) in [4.78, 5) is 33.5. The molecule has 0 atom stereocenters. The Kier molecular flexibility index (Phi) is 5.36. The van der Waals surface area contributed by atoms with E-state index in [1.807, 2.05) is 36.6 Å². The summed E-state index contributed by atoms with van der Waals surface area (Å²) in [5, 5.41) is 19.4. The second kappa shape index (κ2) is 8.26. The van der Waals surface area contributed by atoms with Gasteiger partial charge < -0.3 is 10.4 Å². The van der Waals surface area contributed by atoms with E-state index in [1.165, 1.54) is 11.3 Å². The number of aromatic hydroxyl groups is 1. The summed E-state index contributed by atoms with van der Waals surface area (Å²) < 4.78 is 1.09. The third-order valence-electron chi connectivity index (χ3n) is 4.24. The molecule has 1 amide bonds. The average Bonchev–Trinajstić information content (AvgIpc) is 3.22. The van der Waals surface area contributed by atoms with Gasteiger partial charge in [-0.2, -0.15) is 9.78 Å². The van der Waals surface area contributed by atoms with Crippen molar-refractivity contribution in [3.05, 3.63) is 87.4 Å². The molecule has 0 unspecified atom stereocenters. The third kappa shape index (κ3) is 4.11. The summed E-state index contributed by atoms with van der Waals surface area (Å²) in [6.45, 7) is 2.03. The van der Waals surface area contributed by atoms with E-state index in [0.717, 1.165) is 27.0 Å². The predicted octanol–water partition coefficient (Wildman–Crippen LogP) is 2.70. The number of nitrogens with zero attached hydrogens (tertiary/aromatic N) is 4. The van der Waals surface area contributed by atoms with Crippen molar-refractivity contribution in [2.24, 2.45) is 0 Å². The Balaban J connectivity index is 1.53. The van der Waals surface area contributed by atoms with Crippen LogP contribution in [0.25, 0.3) is 16.4 Å². The number of nitrogens with one attached hydrogen (secondary N) is 1. The number of hydrogen-bond acceptors (Lipinski definition) is 7. The number of carbonyl (C=O) groups excluding carboxylic acids is 1. The molecule has 30 heavy (non-hydrogen) atoms. The second-order valence-electron chi connectivity index (χ2n) is 6.51. The molecule has 0 aliphatic heterocycles. The maximum atomic E-state index is 12.6. The van der Waals surface area contributed by atoms with Gasteiger partial charge in [-0.3, -0.25) is 14.6 Å². The first kappa shape index (κ1) is 19.5. The molecule has 3 aromatic heterocycles. The maximum Gasteiger partial charge on any atom is 0.275 e. The molecule has 9 heteroatoms. The number of aromatic nitrogens is 4. The molecule has 0 fully saturated rings. The van der Waals surface area contributed by atoms with Crippen LogP contribution in [0.2, 0.25) is 0 Å². The fraction of sp³-hybridized carbons (Fsp3) is 0.0952. The van der Waals surface area contributed by atoms with E-state index in [9.17, 15) is 14.7 Å². The summed E-state index contributed by atoms with van der Waals surface area (Å²) in [6.07, 6.45) is 1.69. The molecule has 2 N–H and O–H groups in total. The van der Waals surface area contributed by atoms with Gasteiger partial charge >= 0.3 is 0 Å². The van der Waals surface area contributed by atoms with E-state index in [-0.39, 0.29) is 12.2 Å². The van der Waals surface area contributed by atoms with Gasteiger partial charge in [0.15, 0.2) is 11.4 Å². The molecule has 150 valence electrons. The number of aryl methyl sites for hydroxylation is 1. The summed E-state index contributed by atoms with van der Waals surface area (Å²) in [5.41, 5.74) is 2.08. The fourth-order valence-corrected chi connectivity index (χ4v) is 3.60. The first-order chi connectivity index (χ1) is 14.5. The lowest BCUT2D eigenvalue weighted by Gasteiger charge is -2.09. The predicted molar refractivity (Wildman–Crippen MR) is 113 cm³/mol. The molecular weight excluding hydrogens is 402 g/mol. The number of hydrogen-bond donors (Lipinski definition) is 2. The van der Waals surface area contributed by atoms with Gasteiger partial charge in [0, 0.05) is 17.6 Å². The molecule has 4 rings (SSSR count). The SMILES string of the molecule is Cc1cccc(-n2nc(C(=O)NCc3csc(-c4ccccn4)n3)c(O)cc2=O)c1. The van der Waals surface area contributed by atoms with Gasteiger partial charge in [-0.1, -0.05) is 18.2 Å². The van der Waals surface area contributed by atoms with Gasteiger partial charge in [0.05, 0.1) is 23.6 Å². The zero-order valence-electron chi connectivity index (χ0n) is 15.9. The highest BCUT2D eigenvalue weighted by Gasteiger charge is 2.17. The van der Waals surface area contributed by atoms with Gasteiger partial charge in [0.25, 0.3) is 11.5 Å². The number of benzene rings is 1. The number of rotatable bonds is 5. The van der Waals surface area contributed by atoms with Crippen molar-refractivity contribution in [1.82, 2.24) is 25.1 Å². The molecule has 0 saturated carbocycles. The molecule has 4 aromatic rings. The molecule has 1 aromatic carbocycles. The normalized spacial score (nSPS) is 10.7. The minimum Gasteiger partial charge on any atom is -0.505 e. The van der Waals surface area contributed by atoms with Crippen LogP contribution in [0.1, 0.15) is 21.7 Å². The molecule has 0 spiro atoms. The number of thiazole rings is 1. The van der Waals surface area contributed by atoms with Crippen molar-refractivity contribution < 1.29 is 9.90 Å². The zero-order chi connectivity index (χ0) is 21.1. The van der Waals surface area contributed by atoms with Crippen LogP contribution < -0.4 is 10.9 Å². The second-order valence-corrected chi connectivity index (χ2v) is 7.37. The summed E-state index contributed by atoms with van der Waals surface area (Å²) in [7, 11) is 0. The maximum absolute atomic E-state index is 12.6. The van der Waals surface area contributed by atoms with E-state index < -0.39 is 17.2 Å². The van der Waals surface area contributed by atoms with Crippen LogP contribution in [-0.2, 0) is 6.54 Å². The highest BCUT2D eigenvalue weighted by Crippen LogP contribution is 2.21. The lowest BCUT2D eigenvalue weighted by Crippen LogP contribution is -2.29. The number of pyridine rings is 1. The molecule has 0 radical (unpaired) electrons. The van der Waals surface area contributed by atoms with Crippen LogP contribution in [0.15, 0.2) is 64.9 Å². The summed E-state index contributed by atoms with van der Waals surface area (Å²) in [5.74, 6) is -1.09. The highest BCUT2D eigenvalue weighted by molar-refractivity contribution is 7.13. The van der Waals surface area contributed by atoms with Crippen LogP contribution in [0.4, 0.5) is 0 Å². The van der Waals surface area contributed by atoms with Crippen LogP contribution in [0.3, 0.4) is 0 Å². The fourth-order valence-electron chi connectivity index (χ4n) is 2.80. The first-order valence-electron chi connectivity index (χ1n) is 9.05. The smallest absolute Gasteiger partial charge is 0.275 e. The minimum atomic E-state index is -0.610. The van der Waals surface area contributed by atoms with Gasteiger partial charge in [-0.25, -0.2) is 4.98 Å². The van der Waals surface area contributed by atoms with E-state index in [1.54, 1.807) is 24.4 Å². The van der Waals surface area contributed by atoms with Crippen molar-refractivity contribution in [3.8, 4) is 22.1 Å². The van der Waals surface area contributed by atoms with Gasteiger partial charge in [-0.15, -0.1) is 11.3 Å². The molecule has 8 nitrogen and oxygen atoms in total. The topological polar surface area (TPSA) is 110 Å². The van der Waals surface area contributed by atoms with Crippen LogP contribution in [-0.4, -0.2) is 30.8 Å². The molecule has 0 aliphatic rings. The minimum absolute atomic E-state index is 0.146. The van der Waals surface area contributed by atoms with Crippen molar-refractivity contribution >= 4 is 17.2 Å². The summed E-state index contributed by atoms with van der Waals surface area (Å²) >= 11 is 1.42. The van der Waals surface area contributed by atoms with Crippen molar-refractivity contribution in [2.75, 3.05) is 0 Å². The lowest BCUT2D eigenvalue weighted by atomic mass is 10.2. The largest absolute Gasteiger partial charge is 0.505 e. The third-order valence-corrected chi connectivity index (χ3v) is 5.15. The van der Waals surface area contributed by atoms with Crippen molar-refractivity contribution in [2.45, 2.75) is 13.5 Å². The molecule has 3 heterocycles. The molecular formula is C21H17N5O3S. The standard InChI is InChI=1S/C21H17N5O3S/c1-13-5-4-6-15(9-13)26-18(28)10-17(27)19(25-26)20(29)23-11-14-12-30-21(24-14)16-7-2-3-8-22-16/h2-10,12,27H,11H2,1H3,(H,23,29). The quantitative estimate of drug-likeness (QED) is 0.515. The Morgan fingerprint density at radius 1 is 1.20 bits per heavy atom. The van der Waals surface area contributed by atoms with E-state index >= 15 is 0 Å². The van der Waals surface area contributed by atoms with Gasteiger partial charge in [0.1, 0.15) is 5.01 Å². The number of amides is 1. The lowest BCUT2D eigenvalue weighted by molar-refractivity contribution is 0.0940. The molecule has 0 bridgehead atoms. The molecule has 0 saturated heterocycles. The Bertz CT molecular complexity index is 1270. The van der Waals surface area contributed by atoms with Crippen LogP contribution in [0, 0.1) is 6.92 Å². The van der Waals surface area contributed by atoms with Crippen LogP contribution >= 0.6 is 11.3 Å². The van der Waals surface area contributed by atoms with E-state index in [0.29, 0.717) is 11.4 Å². The highest BCUT2D eigenvalue weighted by atomic mass is 32.1. The Labute approximate surface area is 175 Å². The van der Waals surface area contributed by atoms with Gasteiger partial charge in [0.2, 0.25) is 0 Å². The van der Waals surface area contributed by atoms with Gasteiger partial charge in [-0.05, 0) is 36.8 Å². The van der Waals surface area contributed by atoms with Crippen molar-refractivity contribution in [3.63, 3.8) is 0 Å². The first-order valence-corrected chi connectivity index (χ1v) is 9.93. The van der Waals surface area contributed by atoms with E-state index in [2.05, 4.69) is 20.4 Å². The van der Waals surface area contributed by atoms with Crippen molar-refractivity contribution in [1.29, 1.82) is 0 Å². The Hall–Kier alpha value is -3.85. The number of carbonyl (C=O) groups is 1. The monoisotopic (exact) mass is 419 g/mol. The Morgan fingerprint density at radius 3 is 2.83 bits per heavy atom.